The predicted molar refractivity (Wildman–Crippen MR) is 82.0 cm³/mol. The summed E-state index contributed by atoms with van der Waals surface area (Å²) in [7, 11) is -3.63. The van der Waals surface area contributed by atoms with Crippen molar-refractivity contribution in [3.05, 3.63) is 41.9 Å². The van der Waals surface area contributed by atoms with Gasteiger partial charge in [-0.3, -0.25) is 0 Å². The molecule has 21 heavy (non-hydrogen) atoms. The van der Waals surface area contributed by atoms with Crippen LogP contribution in [-0.4, -0.2) is 28.7 Å². The first kappa shape index (κ1) is 15.5. The number of hydrogen-bond acceptors (Lipinski definition) is 4. The van der Waals surface area contributed by atoms with E-state index in [1.165, 1.54) is 10.5 Å². The second-order valence-electron chi connectivity index (χ2n) is 5.18. The number of sulfonamides is 1. The second kappa shape index (κ2) is 5.87. The van der Waals surface area contributed by atoms with E-state index in [1.807, 2.05) is 32.0 Å². The van der Waals surface area contributed by atoms with Crippen LogP contribution in [0.3, 0.4) is 0 Å². The van der Waals surface area contributed by atoms with Crippen LogP contribution in [0.25, 0.3) is 0 Å². The Kier molecular flexibility index (Phi) is 4.34. The van der Waals surface area contributed by atoms with Crippen LogP contribution in [0.2, 0.25) is 0 Å². The maximum atomic E-state index is 12.7. The highest BCUT2D eigenvalue weighted by Gasteiger charge is 2.29. The molecule has 2 aromatic rings. The fourth-order valence-electron chi connectivity index (χ4n) is 2.05. The Hall–Kier alpha value is -1.86. The topological polar surface area (TPSA) is 92.1 Å². The van der Waals surface area contributed by atoms with Gasteiger partial charge in [-0.15, -0.1) is 0 Å². The molecular formula is C14H20N4O2S. The Morgan fingerprint density at radius 3 is 2.52 bits per heavy atom. The minimum absolute atomic E-state index is 0.100. The maximum absolute atomic E-state index is 12.7. The number of para-hydroxylation sites is 1. The number of benzene rings is 1. The van der Waals surface area contributed by atoms with Crippen LogP contribution in [0.1, 0.15) is 25.2 Å². The van der Waals surface area contributed by atoms with Crippen molar-refractivity contribution in [3.63, 3.8) is 0 Å². The lowest BCUT2D eigenvalue weighted by Crippen LogP contribution is -2.36. The summed E-state index contributed by atoms with van der Waals surface area (Å²) in [6.45, 7) is 5.61. The normalized spacial score (nSPS) is 12.2. The molecule has 0 radical (unpaired) electrons. The molecule has 0 aliphatic carbocycles. The van der Waals surface area contributed by atoms with Gasteiger partial charge in [0.2, 0.25) is 0 Å². The van der Waals surface area contributed by atoms with E-state index in [4.69, 9.17) is 5.73 Å². The number of hydrogen-bond donors (Lipinski definition) is 2. The lowest BCUT2D eigenvalue weighted by atomic mass is 10.2. The van der Waals surface area contributed by atoms with Crippen LogP contribution < -0.4 is 5.73 Å². The van der Waals surface area contributed by atoms with E-state index in [1.54, 1.807) is 13.0 Å². The first-order chi connectivity index (χ1) is 9.82. The lowest BCUT2D eigenvalue weighted by molar-refractivity contribution is 0.347. The van der Waals surface area contributed by atoms with Gasteiger partial charge >= 0.3 is 0 Å². The molecule has 0 atom stereocenters. The number of nitrogens with two attached hydrogens (primary N) is 1. The van der Waals surface area contributed by atoms with Gasteiger partial charge < -0.3 is 10.7 Å². The highest BCUT2D eigenvalue weighted by atomic mass is 32.2. The number of H-pyrrole nitrogens is 1. The molecule has 1 aromatic carbocycles. The number of nitrogens with one attached hydrogen (secondary N) is 1. The van der Waals surface area contributed by atoms with Gasteiger partial charge in [0.1, 0.15) is 5.82 Å². The van der Waals surface area contributed by atoms with E-state index in [9.17, 15) is 8.42 Å². The standard InChI is InChI=1S/C14H20N4O2S/c1-10(2)18(9-12-6-4-5-7-13(12)15)21(19,20)14-8-16-11(3)17-14/h4-8,10H,9,15H2,1-3H3,(H,16,17). The van der Waals surface area contributed by atoms with Crippen molar-refractivity contribution in [1.29, 1.82) is 0 Å². The highest BCUT2D eigenvalue weighted by molar-refractivity contribution is 7.89. The summed E-state index contributed by atoms with van der Waals surface area (Å²) in [4.78, 5) is 6.74. The average Bonchev–Trinajstić information content (AvgIpc) is 2.84. The van der Waals surface area contributed by atoms with Crippen molar-refractivity contribution < 1.29 is 8.42 Å². The van der Waals surface area contributed by atoms with Crippen molar-refractivity contribution in [2.24, 2.45) is 0 Å². The van der Waals surface area contributed by atoms with Gasteiger partial charge in [0.15, 0.2) is 5.03 Å². The fraction of sp³-hybridized carbons (Fsp3) is 0.357. The molecule has 0 spiro atoms. The Morgan fingerprint density at radius 2 is 2.00 bits per heavy atom. The molecule has 0 bridgehead atoms. The van der Waals surface area contributed by atoms with E-state index in [0.29, 0.717) is 11.5 Å². The molecule has 114 valence electrons. The summed E-state index contributed by atoms with van der Waals surface area (Å²) in [5.74, 6) is 0.566. The van der Waals surface area contributed by atoms with Gasteiger partial charge in [-0.05, 0) is 32.4 Å². The number of nitrogen functional groups attached to an aromatic ring is 1. The summed E-state index contributed by atoms with van der Waals surface area (Å²) in [6, 6.07) is 7.07. The van der Waals surface area contributed by atoms with E-state index in [2.05, 4.69) is 9.97 Å². The Bertz CT molecular complexity index is 722. The molecule has 0 amide bonds. The third kappa shape index (κ3) is 3.25. The van der Waals surface area contributed by atoms with Crippen molar-refractivity contribution in [3.8, 4) is 0 Å². The van der Waals surface area contributed by atoms with Gasteiger partial charge in [0.05, 0.1) is 6.20 Å². The first-order valence-electron chi connectivity index (χ1n) is 6.69. The zero-order valence-corrected chi connectivity index (χ0v) is 13.2. The molecule has 0 saturated carbocycles. The van der Waals surface area contributed by atoms with Crippen LogP contribution in [0.5, 0.6) is 0 Å². The monoisotopic (exact) mass is 308 g/mol. The predicted octanol–water partition coefficient (Wildman–Crippen LogP) is 1.90. The van der Waals surface area contributed by atoms with Gasteiger partial charge in [-0.2, -0.15) is 4.31 Å². The SMILES string of the molecule is Cc1ncc(S(=O)(=O)N(Cc2ccccc2N)C(C)C)[nH]1. The zero-order chi connectivity index (χ0) is 15.6. The minimum Gasteiger partial charge on any atom is -0.398 e. The minimum atomic E-state index is -3.63. The fourth-order valence-corrected chi connectivity index (χ4v) is 3.63. The van der Waals surface area contributed by atoms with Crippen molar-refractivity contribution >= 4 is 15.7 Å². The van der Waals surface area contributed by atoms with Crippen LogP contribution in [0.15, 0.2) is 35.5 Å². The smallest absolute Gasteiger partial charge is 0.260 e. The van der Waals surface area contributed by atoms with Crippen LogP contribution in [-0.2, 0) is 16.6 Å². The number of nitrogens with zero attached hydrogens (tertiary/aromatic N) is 2. The van der Waals surface area contributed by atoms with E-state index in [-0.39, 0.29) is 17.6 Å². The third-order valence-corrected chi connectivity index (χ3v) is 5.15. The molecule has 1 aromatic heterocycles. The van der Waals surface area contributed by atoms with Gasteiger partial charge in [0, 0.05) is 18.3 Å². The molecule has 0 fully saturated rings. The highest BCUT2D eigenvalue weighted by Crippen LogP contribution is 2.22. The number of anilines is 1. The largest absolute Gasteiger partial charge is 0.398 e. The molecule has 0 aliphatic heterocycles. The van der Waals surface area contributed by atoms with Gasteiger partial charge in [-0.1, -0.05) is 18.2 Å². The molecule has 0 saturated heterocycles. The van der Waals surface area contributed by atoms with E-state index in [0.717, 1.165) is 5.56 Å². The Labute approximate surface area is 125 Å². The van der Waals surface area contributed by atoms with Crippen LogP contribution in [0, 0.1) is 6.92 Å². The summed E-state index contributed by atoms with van der Waals surface area (Å²) < 4.78 is 26.8. The number of imidazole rings is 1. The molecule has 0 aliphatic rings. The Morgan fingerprint density at radius 1 is 1.33 bits per heavy atom. The number of aromatic nitrogens is 2. The van der Waals surface area contributed by atoms with Gasteiger partial charge in [0.25, 0.3) is 10.0 Å². The summed E-state index contributed by atoms with van der Waals surface area (Å²) in [5, 5.41) is 0.100. The molecule has 1 heterocycles. The van der Waals surface area contributed by atoms with Crippen molar-refractivity contribution in [2.75, 3.05) is 5.73 Å². The van der Waals surface area contributed by atoms with Crippen molar-refractivity contribution in [2.45, 2.75) is 38.4 Å². The molecular weight excluding hydrogens is 288 g/mol. The molecule has 0 unspecified atom stereocenters. The maximum Gasteiger partial charge on any atom is 0.260 e. The quantitative estimate of drug-likeness (QED) is 0.825. The molecule has 2 rings (SSSR count). The molecule has 7 heteroatoms. The first-order valence-corrected chi connectivity index (χ1v) is 8.13. The summed E-state index contributed by atoms with van der Waals surface area (Å²) >= 11 is 0. The van der Waals surface area contributed by atoms with E-state index >= 15 is 0 Å². The number of aromatic amines is 1. The second-order valence-corrected chi connectivity index (χ2v) is 7.03. The lowest BCUT2D eigenvalue weighted by Gasteiger charge is -2.25. The van der Waals surface area contributed by atoms with Crippen LogP contribution >= 0.6 is 0 Å². The zero-order valence-electron chi connectivity index (χ0n) is 12.4. The molecule has 6 nitrogen and oxygen atoms in total. The van der Waals surface area contributed by atoms with Crippen LogP contribution in [0.4, 0.5) is 5.69 Å². The summed E-state index contributed by atoms with van der Waals surface area (Å²) in [5.41, 5.74) is 7.28. The third-order valence-electron chi connectivity index (χ3n) is 3.22. The Balaban J connectivity index is 2.38. The number of aryl methyl sites for hydroxylation is 1. The average molecular weight is 308 g/mol. The molecule has 3 N–H and O–H groups in total. The van der Waals surface area contributed by atoms with Crippen molar-refractivity contribution in [1.82, 2.24) is 14.3 Å². The van der Waals surface area contributed by atoms with Gasteiger partial charge in [-0.25, -0.2) is 13.4 Å². The summed E-state index contributed by atoms with van der Waals surface area (Å²) in [6.07, 6.45) is 1.34. The van der Waals surface area contributed by atoms with E-state index < -0.39 is 10.0 Å². The number of rotatable bonds is 5.